The summed E-state index contributed by atoms with van der Waals surface area (Å²) in [5, 5.41) is 8.39. The van der Waals surface area contributed by atoms with E-state index in [-0.39, 0.29) is 18.7 Å². The fourth-order valence-corrected chi connectivity index (χ4v) is 3.57. The quantitative estimate of drug-likeness (QED) is 0.854. The molecule has 132 valence electrons. The molecule has 1 atom stereocenters. The van der Waals surface area contributed by atoms with E-state index in [4.69, 9.17) is 9.47 Å². The summed E-state index contributed by atoms with van der Waals surface area (Å²) in [7, 11) is 0. The second kappa shape index (κ2) is 6.74. The van der Waals surface area contributed by atoms with Gasteiger partial charge in [0.15, 0.2) is 17.3 Å². The van der Waals surface area contributed by atoms with Gasteiger partial charge in [-0.3, -0.25) is 4.79 Å². The highest BCUT2D eigenvalue weighted by molar-refractivity contribution is 5.95. The summed E-state index contributed by atoms with van der Waals surface area (Å²) in [4.78, 5) is 15.1. The molecule has 1 unspecified atom stereocenters. The van der Waals surface area contributed by atoms with Crippen molar-refractivity contribution >= 4 is 5.91 Å². The Balaban J connectivity index is 1.62. The van der Waals surface area contributed by atoms with Crippen molar-refractivity contribution in [3.8, 4) is 11.5 Å². The molecular formula is C18H22N4O3. The van der Waals surface area contributed by atoms with E-state index in [1.807, 2.05) is 4.90 Å². The van der Waals surface area contributed by atoms with Crippen molar-refractivity contribution in [1.29, 1.82) is 0 Å². The zero-order valence-corrected chi connectivity index (χ0v) is 14.4. The fourth-order valence-electron chi connectivity index (χ4n) is 3.57. The number of piperidine rings is 1. The lowest BCUT2D eigenvalue weighted by molar-refractivity contribution is 0.0594. The van der Waals surface area contributed by atoms with Gasteiger partial charge in [-0.1, -0.05) is 6.92 Å². The number of rotatable bonds is 4. The maximum absolute atomic E-state index is 13.1. The third-order valence-corrected chi connectivity index (χ3v) is 4.79. The van der Waals surface area contributed by atoms with Crippen LogP contribution in [0.5, 0.6) is 11.5 Å². The Morgan fingerprint density at radius 2 is 2.16 bits per heavy atom. The molecule has 25 heavy (non-hydrogen) atoms. The molecule has 2 aliphatic heterocycles. The average Bonchev–Trinajstić information content (AvgIpc) is 3.30. The van der Waals surface area contributed by atoms with Crippen molar-refractivity contribution in [3.05, 3.63) is 35.9 Å². The lowest BCUT2D eigenvalue weighted by Crippen LogP contribution is -2.39. The Morgan fingerprint density at radius 3 is 3.04 bits per heavy atom. The summed E-state index contributed by atoms with van der Waals surface area (Å²) < 4.78 is 12.8. The molecule has 1 aromatic carbocycles. The minimum atomic E-state index is -0.0271. The van der Waals surface area contributed by atoms with E-state index in [1.165, 1.54) is 0 Å². The number of likely N-dealkylation sites (tertiary alicyclic amines) is 1. The van der Waals surface area contributed by atoms with Gasteiger partial charge < -0.3 is 18.9 Å². The summed E-state index contributed by atoms with van der Waals surface area (Å²) in [6.45, 7) is 3.93. The van der Waals surface area contributed by atoms with E-state index in [9.17, 15) is 4.79 Å². The summed E-state index contributed by atoms with van der Waals surface area (Å²) in [5.74, 6) is 2.22. The van der Waals surface area contributed by atoms with Gasteiger partial charge in [0.25, 0.3) is 5.91 Å². The first-order valence-corrected chi connectivity index (χ1v) is 8.86. The summed E-state index contributed by atoms with van der Waals surface area (Å²) in [5.41, 5.74) is 0.623. The normalized spacial score (nSPS) is 19.2. The van der Waals surface area contributed by atoms with Crippen LogP contribution in [0.15, 0.2) is 24.5 Å². The molecule has 4 rings (SSSR count). The van der Waals surface area contributed by atoms with Crippen molar-refractivity contribution < 1.29 is 14.3 Å². The van der Waals surface area contributed by atoms with Crippen molar-refractivity contribution in [3.63, 3.8) is 0 Å². The highest BCUT2D eigenvalue weighted by Gasteiger charge is 2.32. The van der Waals surface area contributed by atoms with Crippen molar-refractivity contribution in [2.45, 2.75) is 45.2 Å². The molecule has 0 radical (unpaired) electrons. The molecule has 1 aromatic heterocycles. The number of fused-ring (bicyclic) bond motifs is 1. The molecule has 2 aromatic rings. The smallest absolute Gasteiger partial charge is 0.254 e. The van der Waals surface area contributed by atoms with Crippen LogP contribution in [-0.4, -0.2) is 38.9 Å². The lowest BCUT2D eigenvalue weighted by atomic mass is 9.99. The number of amides is 1. The van der Waals surface area contributed by atoms with Crippen molar-refractivity contribution in [2.75, 3.05) is 13.3 Å². The van der Waals surface area contributed by atoms with E-state index in [0.29, 0.717) is 17.1 Å². The lowest BCUT2D eigenvalue weighted by Gasteiger charge is -2.35. The Bertz CT molecular complexity index is 773. The molecule has 7 heteroatoms. The van der Waals surface area contributed by atoms with E-state index < -0.39 is 0 Å². The van der Waals surface area contributed by atoms with Crippen LogP contribution in [0.4, 0.5) is 0 Å². The minimum absolute atomic E-state index is 0.00838. The van der Waals surface area contributed by atoms with Gasteiger partial charge in [-0.25, -0.2) is 0 Å². The second-order valence-electron chi connectivity index (χ2n) is 6.46. The maximum Gasteiger partial charge on any atom is 0.254 e. The Labute approximate surface area is 146 Å². The van der Waals surface area contributed by atoms with E-state index in [2.05, 4.69) is 21.7 Å². The summed E-state index contributed by atoms with van der Waals surface area (Å²) in [6.07, 6.45) is 5.78. The van der Waals surface area contributed by atoms with Crippen LogP contribution in [0.2, 0.25) is 0 Å². The van der Waals surface area contributed by atoms with Gasteiger partial charge in [-0.05, 0) is 43.9 Å². The van der Waals surface area contributed by atoms with Crippen LogP contribution in [0.25, 0.3) is 0 Å². The van der Waals surface area contributed by atoms with Gasteiger partial charge in [0, 0.05) is 18.7 Å². The third kappa shape index (κ3) is 2.94. The predicted octanol–water partition coefficient (Wildman–Crippen LogP) is 2.78. The molecule has 7 nitrogen and oxygen atoms in total. The second-order valence-corrected chi connectivity index (χ2v) is 6.46. The largest absolute Gasteiger partial charge is 0.454 e. The molecular weight excluding hydrogens is 320 g/mol. The first-order chi connectivity index (χ1) is 12.3. The molecule has 0 aliphatic carbocycles. The molecule has 3 heterocycles. The van der Waals surface area contributed by atoms with E-state index in [0.717, 1.165) is 44.6 Å². The molecule has 0 saturated carbocycles. The van der Waals surface area contributed by atoms with Gasteiger partial charge in [-0.2, -0.15) is 0 Å². The monoisotopic (exact) mass is 342 g/mol. The zero-order valence-electron chi connectivity index (χ0n) is 14.4. The van der Waals surface area contributed by atoms with Crippen LogP contribution in [0.1, 0.15) is 54.8 Å². The van der Waals surface area contributed by atoms with Crippen LogP contribution >= 0.6 is 0 Å². The number of carbonyl (C=O) groups is 1. The molecule has 1 amide bonds. The minimum Gasteiger partial charge on any atom is -0.454 e. The molecule has 1 fully saturated rings. The summed E-state index contributed by atoms with van der Waals surface area (Å²) in [6, 6.07) is 5.35. The standard InChI is InChI=1S/C18H22N4O3/c1-2-8-21-11-19-20-17(21)14-5-3-4-9-22(14)18(23)13-6-7-15-16(10-13)25-12-24-15/h6-7,10-11,14H,2-5,8-9,12H2,1H3. The molecule has 0 bridgehead atoms. The van der Waals surface area contributed by atoms with Crippen molar-refractivity contribution in [1.82, 2.24) is 19.7 Å². The highest BCUT2D eigenvalue weighted by atomic mass is 16.7. The predicted molar refractivity (Wildman–Crippen MR) is 90.5 cm³/mol. The number of aryl methyl sites for hydroxylation is 1. The van der Waals surface area contributed by atoms with Crippen LogP contribution in [0.3, 0.4) is 0 Å². The van der Waals surface area contributed by atoms with Gasteiger partial charge >= 0.3 is 0 Å². The third-order valence-electron chi connectivity index (χ3n) is 4.79. The van der Waals surface area contributed by atoms with Crippen LogP contribution in [-0.2, 0) is 6.54 Å². The van der Waals surface area contributed by atoms with Crippen molar-refractivity contribution in [2.24, 2.45) is 0 Å². The van der Waals surface area contributed by atoms with E-state index in [1.54, 1.807) is 24.5 Å². The van der Waals surface area contributed by atoms with Gasteiger partial charge in [-0.15, -0.1) is 10.2 Å². The fraction of sp³-hybridized carbons (Fsp3) is 0.500. The summed E-state index contributed by atoms with van der Waals surface area (Å²) >= 11 is 0. The molecule has 0 N–H and O–H groups in total. The number of ether oxygens (including phenoxy) is 2. The molecule has 2 aliphatic rings. The molecule has 1 saturated heterocycles. The Hall–Kier alpha value is -2.57. The Morgan fingerprint density at radius 1 is 1.28 bits per heavy atom. The Kier molecular flexibility index (Phi) is 4.29. The average molecular weight is 342 g/mol. The number of aromatic nitrogens is 3. The number of hydrogen-bond acceptors (Lipinski definition) is 5. The first-order valence-electron chi connectivity index (χ1n) is 8.86. The highest BCUT2D eigenvalue weighted by Crippen LogP contribution is 2.35. The van der Waals surface area contributed by atoms with Gasteiger partial charge in [0.2, 0.25) is 6.79 Å². The van der Waals surface area contributed by atoms with Gasteiger partial charge in [0.1, 0.15) is 6.33 Å². The first kappa shape index (κ1) is 15.9. The molecule has 0 spiro atoms. The topological polar surface area (TPSA) is 69.5 Å². The maximum atomic E-state index is 13.1. The number of carbonyl (C=O) groups excluding carboxylic acids is 1. The number of hydrogen-bond donors (Lipinski definition) is 0. The van der Waals surface area contributed by atoms with Crippen LogP contribution < -0.4 is 9.47 Å². The van der Waals surface area contributed by atoms with Crippen LogP contribution in [0, 0.1) is 0 Å². The van der Waals surface area contributed by atoms with Gasteiger partial charge in [0.05, 0.1) is 6.04 Å². The zero-order chi connectivity index (χ0) is 17.2. The number of nitrogens with zero attached hydrogens (tertiary/aromatic N) is 4. The SMILES string of the molecule is CCCn1cnnc1C1CCCCN1C(=O)c1ccc2c(c1)OCO2. The number of benzene rings is 1. The van der Waals surface area contributed by atoms with E-state index >= 15 is 0 Å².